The first-order valence-corrected chi connectivity index (χ1v) is 7.36. The van der Waals surface area contributed by atoms with Crippen LogP contribution in [-0.4, -0.2) is 38.2 Å². The molecule has 2 rings (SSSR count). The van der Waals surface area contributed by atoms with Crippen molar-refractivity contribution in [1.29, 1.82) is 0 Å². The van der Waals surface area contributed by atoms with Crippen LogP contribution in [0.1, 0.15) is 26.3 Å². The zero-order valence-electron chi connectivity index (χ0n) is 14.1. The summed E-state index contributed by atoms with van der Waals surface area (Å²) in [5.74, 6) is -0.0470. The van der Waals surface area contributed by atoms with Gasteiger partial charge in [0.05, 0.1) is 26.9 Å². The van der Waals surface area contributed by atoms with E-state index in [0.29, 0.717) is 28.4 Å². The van der Waals surface area contributed by atoms with Crippen LogP contribution in [0.4, 0.5) is 0 Å². The fourth-order valence-electron chi connectivity index (χ4n) is 2.23. The number of allylic oxidation sites excluding steroid dienone is 1. The molecule has 0 aliphatic rings. The number of carbonyl (C=O) groups excluding carboxylic acids is 1. The number of hydrogen-bond acceptors (Lipinski definition) is 5. The van der Waals surface area contributed by atoms with Crippen LogP contribution in [0.2, 0.25) is 0 Å². The third-order valence-corrected chi connectivity index (χ3v) is 3.53. The third-order valence-electron chi connectivity index (χ3n) is 3.53. The van der Waals surface area contributed by atoms with E-state index in [4.69, 9.17) is 19.3 Å². The largest absolute Gasteiger partial charge is 0.493 e. The maximum absolute atomic E-state index is 12.4. The molecule has 2 aromatic carbocycles. The van der Waals surface area contributed by atoms with Gasteiger partial charge in [-0.1, -0.05) is 18.2 Å². The molecule has 0 atom stereocenters. The molecule has 6 heteroatoms. The second-order valence-corrected chi connectivity index (χ2v) is 5.04. The van der Waals surface area contributed by atoms with Gasteiger partial charge >= 0.3 is 5.97 Å². The van der Waals surface area contributed by atoms with E-state index in [2.05, 4.69) is 0 Å². The van der Waals surface area contributed by atoms with E-state index in [1.807, 2.05) is 0 Å². The Morgan fingerprint density at radius 1 is 0.880 bits per heavy atom. The number of carboxylic acid groups (broad SMARTS) is 1. The fourth-order valence-corrected chi connectivity index (χ4v) is 2.23. The van der Waals surface area contributed by atoms with Gasteiger partial charge in [0.25, 0.3) is 0 Å². The van der Waals surface area contributed by atoms with Crippen LogP contribution in [0.25, 0.3) is 6.08 Å². The second-order valence-electron chi connectivity index (χ2n) is 5.04. The number of methoxy groups -OCH3 is 3. The van der Waals surface area contributed by atoms with Crippen LogP contribution in [0.3, 0.4) is 0 Å². The maximum atomic E-state index is 12.4. The van der Waals surface area contributed by atoms with Crippen LogP contribution < -0.4 is 14.2 Å². The van der Waals surface area contributed by atoms with Crippen molar-refractivity contribution in [3.63, 3.8) is 0 Å². The molecule has 0 amide bonds. The van der Waals surface area contributed by atoms with Crippen LogP contribution in [0, 0.1) is 0 Å². The summed E-state index contributed by atoms with van der Waals surface area (Å²) in [6, 6.07) is 9.35. The van der Waals surface area contributed by atoms with E-state index in [9.17, 15) is 9.59 Å². The van der Waals surface area contributed by atoms with E-state index in [-0.39, 0.29) is 11.3 Å². The summed E-state index contributed by atoms with van der Waals surface area (Å²) >= 11 is 0. The summed E-state index contributed by atoms with van der Waals surface area (Å²) in [7, 11) is 4.44. The van der Waals surface area contributed by atoms with Gasteiger partial charge in [-0.05, 0) is 35.9 Å². The average Bonchev–Trinajstić information content (AvgIpc) is 2.64. The molecule has 0 bridgehead atoms. The molecule has 0 aromatic heterocycles. The minimum Gasteiger partial charge on any atom is -0.493 e. The molecule has 0 radical (unpaired) electrons. The minimum atomic E-state index is -0.996. The first-order chi connectivity index (χ1) is 12.0. The van der Waals surface area contributed by atoms with E-state index in [1.165, 1.54) is 39.5 Å². The lowest BCUT2D eigenvalue weighted by Gasteiger charge is -2.13. The Hall–Kier alpha value is -3.28. The van der Waals surface area contributed by atoms with Crippen LogP contribution in [0.5, 0.6) is 17.2 Å². The molecule has 2 aromatic rings. The normalized spacial score (nSPS) is 10.5. The second kappa shape index (κ2) is 8.01. The Labute approximate surface area is 145 Å². The monoisotopic (exact) mass is 342 g/mol. The molecule has 0 unspecified atom stereocenters. The highest BCUT2D eigenvalue weighted by Gasteiger charge is 2.15. The molecule has 0 fully saturated rings. The highest BCUT2D eigenvalue weighted by molar-refractivity contribution is 6.07. The Balaban J connectivity index is 2.26. The molecule has 25 heavy (non-hydrogen) atoms. The topological polar surface area (TPSA) is 82.1 Å². The first-order valence-electron chi connectivity index (χ1n) is 7.36. The number of benzene rings is 2. The molecular formula is C19H18O6. The molecule has 0 spiro atoms. The van der Waals surface area contributed by atoms with E-state index >= 15 is 0 Å². The summed E-state index contributed by atoms with van der Waals surface area (Å²) in [5.41, 5.74) is 1.28. The Morgan fingerprint density at radius 2 is 1.44 bits per heavy atom. The third kappa shape index (κ3) is 4.17. The molecule has 0 saturated heterocycles. The molecule has 0 aliphatic heterocycles. The zero-order valence-corrected chi connectivity index (χ0v) is 14.1. The van der Waals surface area contributed by atoms with Gasteiger partial charge in [-0.15, -0.1) is 0 Å². The molecular weight excluding hydrogens is 324 g/mol. The van der Waals surface area contributed by atoms with Gasteiger partial charge in [0.2, 0.25) is 5.75 Å². The zero-order chi connectivity index (χ0) is 18.4. The molecule has 0 aliphatic carbocycles. The number of rotatable bonds is 7. The summed E-state index contributed by atoms with van der Waals surface area (Å²) < 4.78 is 15.7. The first kappa shape index (κ1) is 18.1. The number of aromatic carboxylic acids is 1. The molecule has 0 heterocycles. The fraction of sp³-hybridized carbons (Fsp3) is 0.158. The van der Waals surface area contributed by atoms with E-state index in [0.717, 1.165) is 0 Å². The van der Waals surface area contributed by atoms with Gasteiger partial charge in [-0.2, -0.15) is 0 Å². The van der Waals surface area contributed by atoms with Crippen LogP contribution in [-0.2, 0) is 0 Å². The summed E-state index contributed by atoms with van der Waals surface area (Å²) in [4.78, 5) is 23.2. The van der Waals surface area contributed by atoms with Gasteiger partial charge < -0.3 is 19.3 Å². The molecule has 130 valence electrons. The number of carbonyl (C=O) groups is 2. The highest BCUT2D eigenvalue weighted by Crippen LogP contribution is 2.38. The van der Waals surface area contributed by atoms with Crippen molar-refractivity contribution in [2.75, 3.05) is 21.3 Å². The molecule has 1 N–H and O–H groups in total. The summed E-state index contributed by atoms with van der Waals surface area (Å²) in [6.45, 7) is 0. The quantitative estimate of drug-likeness (QED) is 0.614. The number of hydrogen-bond donors (Lipinski definition) is 1. The lowest BCUT2D eigenvalue weighted by atomic mass is 10.1. The van der Waals surface area contributed by atoms with E-state index < -0.39 is 5.97 Å². The predicted molar refractivity (Wildman–Crippen MR) is 92.9 cm³/mol. The van der Waals surface area contributed by atoms with Gasteiger partial charge in [-0.3, -0.25) is 4.79 Å². The SMILES string of the molecule is COc1cc(C(=O)C=Cc2ccc(C(=O)O)cc2)cc(OC)c1OC. The highest BCUT2D eigenvalue weighted by atomic mass is 16.5. The van der Waals surface area contributed by atoms with Gasteiger partial charge in [0, 0.05) is 5.56 Å². The molecule has 6 nitrogen and oxygen atoms in total. The Bertz CT molecular complexity index is 780. The minimum absolute atomic E-state index is 0.188. The average molecular weight is 342 g/mol. The van der Waals surface area contributed by atoms with Gasteiger partial charge in [0.15, 0.2) is 17.3 Å². The number of ether oxygens (including phenoxy) is 3. The van der Waals surface area contributed by atoms with Crippen molar-refractivity contribution in [1.82, 2.24) is 0 Å². The van der Waals surface area contributed by atoms with Crippen molar-refractivity contribution in [2.45, 2.75) is 0 Å². The number of ketones is 1. The van der Waals surface area contributed by atoms with Crippen molar-refractivity contribution in [2.24, 2.45) is 0 Å². The van der Waals surface area contributed by atoms with E-state index in [1.54, 1.807) is 30.3 Å². The predicted octanol–water partition coefficient (Wildman–Crippen LogP) is 3.31. The van der Waals surface area contributed by atoms with Gasteiger partial charge in [0.1, 0.15) is 0 Å². The lowest BCUT2D eigenvalue weighted by Crippen LogP contribution is -2.00. The van der Waals surface area contributed by atoms with Crippen LogP contribution in [0.15, 0.2) is 42.5 Å². The molecule has 0 saturated carbocycles. The summed E-state index contributed by atoms with van der Waals surface area (Å²) in [5, 5.41) is 8.88. The lowest BCUT2D eigenvalue weighted by molar-refractivity contribution is 0.0696. The Kier molecular flexibility index (Phi) is 5.79. The standard InChI is InChI=1S/C19H18O6/c1-23-16-10-14(11-17(24-2)18(16)25-3)15(20)9-6-12-4-7-13(8-5-12)19(21)22/h4-11H,1-3H3,(H,21,22). The van der Waals surface area contributed by atoms with Gasteiger partial charge in [-0.25, -0.2) is 4.79 Å². The van der Waals surface area contributed by atoms with Crippen molar-refractivity contribution >= 4 is 17.8 Å². The number of carboxylic acids is 1. The maximum Gasteiger partial charge on any atom is 0.335 e. The smallest absolute Gasteiger partial charge is 0.335 e. The van der Waals surface area contributed by atoms with Crippen LogP contribution >= 0.6 is 0 Å². The van der Waals surface area contributed by atoms with Crippen molar-refractivity contribution in [3.8, 4) is 17.2 Å². The van der Waals surface area contributed by atoms with Crippen molar-refractivity contribution in [3.05, 3.63) is 59.2 Å². The summed E-state index contributed by atoms with van der Waals surface area (Å²) in [6.07, 6.45) is 3.01. The van der Waals surface area contributed by atoms with Crippen molar-refractivity contribution < 1.29 is 28.9 Å². The Morgan fingerprint density at radius 3 is 1.88 bits per heavy atom.